The van der Waals surface area contributed by atoms with Crippen molar-refractivity contribution in [1.29, 1.82) is 0 Å². The third kappa shape index (κ3) is 2.87. The SMILES string of the molecule is Cc1ccn2c(/C=C/C(N)=O)c(-c3cccc([N+](=O)[O-])c3)nc2c1. The Hall–Kier alpha value is -3.48. The molecule has 0 aliphatic heterocycles. The molecule has 2 heterocycles. The highest BCUT2D eigenvalue weighted by Crippen LogP contribution is 2.28. The van der Waals surface area contributed by atoms with Gasteiger partial charge in [-0.15, -0.1) is 0 Å². The largest absolute Gasteiger partial charge is 0.366 e. The van der Waals surface area contributed by atoms with Gasteiger partial charge in [-0.05, 0) is 30.7 Å². The van der Waals surface area contributed by atoms with Crippen molar-refractivity contribution in [2.45, 2.75) is 6.92 Å². The van der Waals surface area contributed by atoms with Gasteiger partial charge in [0.2, 0.25) is 5.91 Å². The molecule has 2 N–H and O–H groups in total. The van der Waals surface area contributed by atoms with Gasteiger partial charge < -0.3 is 5.73 Å². The molecule has 24 heavy (non-hydrogen) atoms. The van der Waals surface area contributed by atoms with Gasteiger partial charge in [-0.25, -0.2) is 4.98 Å². The minimum absolute atomic E-state index is 0.0226. The fourth-order valence-corrected chi connectivity index (χ4v) is 2.47. The van der Waals surface area contributed by atoms with Gasteiger partial charge in [0, 0.05) is 30.0 Å². The quantitative estimate of drug-likeness (QED) is 0.453. The number of nitro benzene ring substituents is 1. The lowest BCUT2D eigenvalue weighted by Crippen LogP contribution is -2.05. The van der Waals surface area contributed by atoms with Crippen molar-refractivity contribution in [3.63, 3.8) is 0 Å². The molecule has 0 fully saturated rings. The number of primary amides is 1. The molecule has 1 aromatic carbocycles. The van der Waals surface area contributed by atoms with Gasteiger partial charge in [-0.1, -0.05) is 12.1 Å². The van der Waals surface area contributed by atoms with E-state index < -0.39 is 10.8 Å². The van der Waals surface area contributed by atoms with Crippen LogP contribution in [0.5, 0.6) is 0 Å². The lowest BCUT2D eigenvalue weighted by atomic mass is 10.1. The number of hydrogen-bond acceptors (Lipinski definition) is 4. The fourth-order valence-electron chi connectivity index (χ4n) is 2.47. The van der Waals surface area contributed by atoms with Crippen LogP contribution in [0.15, 0.2) is 48.7 Å². The number of rotatable bonds is 4. The summed E-state index contributed by atoms with van der Waals surface area (Å²) in [6.45, 7) is 1.95. The molecule has 1 amide bonds. The number of amides is 1. The van der Waals surface area contributed by atoms with Crippen molar-refractivity contribution in [3.05, 3.63) is 70.0 Å². The first-order chi connectivity index (χ1) is 11.5. The standard InChI is InChI=1S/C17H14N4O3/c1-11-7-8-20-14(5-6-15(18)22)17(19-16(20)9-11)12-3-2-4-13(10-12)21(23)24/h2-10H,1H3,(H2,18,22)/b6-5+. The van der Waals surface area contributed by atoms with E-state index in [9.17, 15) is 14.9 Å². The van der Waals surface area contributed by atoms with E-state index in [-0.39, 0.29) is 5.69 Å². The van der Waals surface area contributed by atoms with E-state index in [1.54, 1.807) is 22.6 Å². The van der Waals surface area contributed by atoms with Gasteiger partial charge in [-0.2, -0.15) is 0 Å². The molecule has 3 rings (SSSR count). The Labute approximate surface area is 137 Å². The molecule has 0 atom stereocenters. The lowest BCUT2D eigenvalue weighted by Gasteiger charge is -2.01. The number of carbonyl (C=O) groups excluding carboxylic acids is 1. The summed E-state index contributed by atoms with van der Waals surface area (Å²) in [5.41, 5.74) is 8.64. The van der Waals surface area contributed by atoms with Crippen LogP contribution >= 0.6 is 0 Å². The minimum Gasteiger partial charge on any atom is -0.366 e. The molecule has 2 aromatic heterocycles. The highest BCUT2D eigenvalue weighted by molar-refractivity contribution is 5.91. The summed E-state index contributed by atoms with van der Waals surface area (Å²) >= 11 is 0. The number of aromatic nitrogens is 2. The van der Waals surface area contributed by atoms with Crippen LogP contribution in [-0.2, 0) is 4.79 Å². The minimum atomic E-state index is -0.581. The first-order valence-electron chi connectivity index (χ1n) is 7.17. The molecular weight excluding hydrogens is 308 g/mol. The van der Waals surface area contributed by atoms with E-state index in [1.165, 1.54) is 18.2 Å². The first-order valence-corrected chi connectivity index (χ1v) is 7.17. The van der Waals surface area contributed by atoms with Gasteiger partial charge in [0.25, 0.3) is 5.69 Å². The van der Waals surface area contributed by atoms with Crippen molar-refractivity contribution in [3.8, 4) is 11.3 Å². The molecular formula is C17H14N4O3. The third-order valence-corrected chi connectivity index (χ3v) is 3.55. The van der Waals surface area contributed by atoms with Crippen LogP contribution in [0.25, 0.3) is 23.0 Å². The van der Waals surface area contributed by atoms with Crippen LogP contribution < -0.4 is 5.73 Å². The summed E-state index contributed by atoms with van der Waals surface area (Å²) in [7, 11) is 0. The maximum atomic E-state index is 11.1. The van der Waals surface area contributed by atoms with Gasteiger partial charge in [-0.3, -0.25) is 19.3 Å². The van der Waals surface area contributed by atoms with Crippen molar-refractivity contribution < 1.29 is 9.72 Å². The molecule has 0 saturated carbocycles. The number of fused-ring (bicyclic) bond motifs is 1. The highest BCUT2D eigenvalue weighted by atomic mass is 16.6. The molecule has 0 saturated heterocycles. The van der Waals surface area contributed by atoms with Crippen LogP contribution in [0.4, 0.5) is 5.69 Å². The summed E-state index contributed by atoms with van der Waals surface area (Å²) in [5.74, 6) is -0.581. The van der Waals surface area contributed by atoms with Crippen LogP contribution in [0.3, 0.4) is 0 Å². The Balaban J connectivity index is 2.26. The number of imidazole rings is 1. The molecule has 0 unspecified atom stereocenters. The van der Waals surface area contributed by atoms with Crippen LogP contribution in [-0.4, -0.2) is 20.2 Å². The van der Waals surface area contributed by atoms with Crippen molar-refractivity contribution in [2.75, 3.05) is 0 Å². The number of pyridine rings is 1. The smallest absolute Gasteiger partial charge is 0.270 e. The van der Waals surface area contributed by atoms with Crippen LogP contribution in [0, 0.1) is 17.0 Å². The fraction of sp³-hybridized carbons (Fsp3) is 0.0588. The molecule has 0 bridgehead atoms. The number of benzene rings is 1. The monoisotopic (exact) mass is 322 g/mol. The van der Waals surface area contributed by atoms with Gasteiger partial charge in [0.15, 0.2) is 0 Å². The number of non-ortho nitro benzene ring substituents is 1. The summed E-state index contributed by atoms with van der Waals surface area (Å²) in [5, 5.41) is 11.0. The zero-order valence-electron chi connectivity index (χ0n) is 12.8. The lowest BCUT2D eigenvalue weighted by molar-refractivity contribution is -0.384. The average molecular weight is 322 g/mol. The maximum absolute atomic E-state index is 11.1. The van der Waals surface area contributed by atoms with Gasteiger partial charge >= 0.3 is 0 Å². The molecule has 7 heteroatoms. The van der Waals surface area contributed by atoms with E-state index in [4.69, 9.17) is 5.73 Å². The van der Waals surface area contributed by atoms with E-state index in [0.29, 0.717) is 22.6 Å². The summed E-state index contributed by atoms with van der Waals surface area (Å²) in [6, 6.07) is 10.0. The number of hydrogen-bond donors (Lipinski definition) is 1. The molecule has 0 spiro atoms. The Morgan fingerprint density at radius 2 is 2.12 bits per heavy atom. The molecule has 7 nitrogen and oxygen atoms in total. The summed E-state index contributed by atoms with van der Waals surface area (Å²) in [4.78, 5) is 26.2. The second kappa shape index (κ2) is 5.96. The maximum Gasteiger partial charge on any atom is 0.270 e. The Morgan fingerprint density at radius 3 is 2.83 bits per heavy atom. The number of nitro groups is 1. The van der Waals surface area contributed by atoms with E-state index >= 15 is 0 Å². The van der Waals surface area contributed by atoms with Crippen molar-refractivity contribution in [1.82, 2.24) is 9.38 Å². The topological polar surface area (TPSA) is 104 Å². The molecule has 3 aromatic rings. The molecule has 120 valence electrons. The Kier molecular flexibility index (Phi) is 3.83. The Morgan fingerprint density at radius 1 is 1.33 bits per heavy atom. The normalized spacial score (nSPS) is 11.2. The molecule has 0 aliphatic carbocycles. The number of carbonyl (C=O) groups is 1. The number of nitrogens with zero attached hydrogens (tertiary/aromatic N) is 3. The number of aryl methyl sites for hydroxylation is 1. The Bertz CT molecular complexity index is 989. The zero-order valence-corrected chi connectivity index (χ0v) is 12.8. The van der Waals surface area contributed by atoms with Crippen molar-refractivity contribution >= 4 is 23.3 Å². The van der Waals surface area contributed by atoms with Crippen LogP contribution in [0.1, 0.15) is 11.3 Å². The predicted molar refractivity (Wildman–Crippen MR) is 90.2 cm³/mol. The first kappa shape index (κ1) is 15.4. The third-order valence-electron chi connectivity index (χ3n) is 3.55. The van der Waals surface area contributed by atoms with E-state index in [1.807, 2.05) is 25.3 Å². The summed E-state index contributed by atoms with van der Waals surface area (Å²) in [6.07, 6.45) is 4.63. The van der Waals surface area contributed by atoms with Crippen molar-refractivity contribution in [2.24, 2.45) is 5.73 Å². The van der Waals surface area contributed by atoms with E-state index in [0.717, 1.165) is 5.56 Å². The zero-order chi connectivity index (χ0) is 17.3. The predicted octanol–water partition coefficient (Wildman–Crippen LogP) is 2.72. The highest BCUT2D eigenvalue weighted by Gasteiger charge is 2.15. The average Bonchev–Trinajstić information content (AvgIpc) is 2.90. The van der Waals surface area contributed by atoms with Gasteiger partial charge in [0.1, 0.15) is 5.65 Å². The van der Waals surface area contributed by atoms with Gasteiger partial charge in [0.05, 0.1) is 16.3 Å². The second-order valence-electron chi connectivity index (χ2n) is 5.32. The van der Waals surface area contributed by atoms with Crippen LogP contribution in [0.2, 0.25) is 0 Å². The van der Waals surface area contributed by atoms with E-state index in [2.05, 4.69) is 4.98 Å². The molecule has 0 aliphatic rings. The summed E-state index contributed by atoms with van der Waals surface area (Å²) < 4.78 is 1.81. The number of nitrogens with two attached hydrogens (primary N) is 1. The molecule has 0 radical (unpaired) electrons. The second-order valence-corrected chi connectivity index (χ2v) is 5.32.